The highest BCUT2D eigenvalue weighted by Gasteiger charge is 2.16. The Hall–Kier alpha value is -0.0800. The van der Waals surface area contributed by atoms with Crippen LogP contribution in [0.5, 0.6) is 0 Å². The van der Waals surface area contributed by atoms with E-state index < -0.39 is 0 Å². The molecule has 0 atom stereocenters. The Morgan fingerprint density at radius 2 is 1.80 bits per heavy atom. The highest BCUT2D eigenvalue weighted by atomic mass is 127. The van der Waals surface area contributed by atoms with Gasteiger partial charge < -0.3 is 20.1 Å². The number of rotatable bonds is 10. The molecule has 0 spiro atoms. The van der Waals surface area contributed by atoms with Crippen LogP contribution in [0.15, 0.2) is 4.99 Å². The Morgan fingerprint density at radius 3 is 2.35 bits per heavy atom. The van der Waals surface area contributed by atoms with E-state index in [4.69, 9.17) is 9.47 Å². The van der Waals surface area contributed by atoms with Crippen molar-refractivity contribution in [2.75, 3.05) is 40.5 Å². The maximum absolute atomic E-state index is 5.50. The summed E-state index contributed by atoms with van der Waals surface area (Å²) in [5.41, 5.74) is -0.194. The molecule has 0 unspecified atom stereocenters. The van der Waals surface area contributed by atoms with Gasteiger partial charge >= 0.3 is 0 Å². The van der Waals surface area contributed by atoms with Gasteiger partial charge in [-0.3, -0.25) is 4.99 Å². The summed E-state index contributed by atoms with van der Waals surface area (Å²) in [6.07, 6.45) is 3.31. The first-order valence-corrected chi connectivity index (χ1v) is 7.13. The minimum atomic E-state index is -0.194. The summed E-state index contributed by atoms with van der Waals surface area (Å²) >= 11 is 0. The average Bonchev–Trinajstić information content (AvgIpc) is 2.41. The fourth-order valence-corrected chi connectivity index (χ4v) is 1.32. The number of nitrogens with zero attached hydrogens (tertiary/aromatic N) is 1. The summed E-state index contributed by atoms with van der Waals surface area (Å²) in [4.78, 5) is 4.17. The smallest absolute Gasteiger partial charge is 0.191 e. The van der Waals surface area contributed by atoms with Crippen LogP contribution in [-0.4, -0.2) is 52.0 Å². The topological polar surface area (TPSA) is 54.9 Å². The summed E-state index contributed by atoms with van der Waals surface area (Å²) < 4.78 is 10.8. The first-order chi connectivity index (χ1) is 9.05. The molecule has 0 aliphatic carbocycles. The van der Waals surface area contributed by atoms with Gasteiger partial charge in [-0.05, 0) is 26.7 Å². The molecule has 0 aromatic rings. The largest absolute Gasteiger partial charge is 0.381 e. The molecule has 0 bridgehead atoms. The molecule has 5 nitrogen and oxygen atoms in total. The molecule has 0 aliphatic heterocycles. The first-order valence-electron chi connectivity index (χ1n) is 7.13. The standard InChI is InChI=1S/C14H31N3O2.HI/c1-6-7-10-19-11-8-9-16-13(15-4)17-12-14(2,3)18-5;/h6-12H2,1-5H3,(H2,15,16,17);1H. The SMILES string of the molecule is CCCCOCCCNC(=NC)NCC(C)(C)OC.I. The third-order valence-corrected chi connectivity index (χ3v) is 2.86. The summed E-state index contributed by atoms with van der Waals surface area (Å²) in [7, 11) is 3.48. The zero-order chi connectivity index (χ0) is 14.6. The number of unbranched alkanes of at least 4 members (excludes halogenated alkanes) is 1. The van der Waals surface area contributed by atoms with Crippen molar-refractivity contribution in [1.29, 1.82) is 0 Å². The second-order valence-electron chi connectivity index (χ2n) is 5.14. The molecule has 0 fully saturated rings. The fourth-order valence-electron chi connectivity index (χ4n) is 1.32. The Bertz CT molecular complexity index is 249. The van der Waals surface area contributed by atoms with Crippen molar-refractivity contribution in [3.63, 3.8) is 0 Å². The highest BCUT2D eigenvalue weighted by Crippen LogP contribution is 2.04. The van der Waals surface area contributed by atoms with Crippen LogP contribution in [0.4, 0.5) is 0 Å². The van der Waals surface area contributed by atoms with Crippen molar-refractivity contribution in [2.24, 2.45) is 4.99 Å². The summed E-state index contributed by atoms with van der Waals surface area (Å²) in [5.74, 6) is 0.804. The van der Waals surface area contributed by atoms with Gasteiger partial charge in [0.15, 0.2) is 5.96 Å². The van der Waals surface area contributed by atoms with Gasteiger partial charge in [0.05, 0.1) is 5.60 Å². The maximum atomic E-state index is 5.50. The highest BCUT2D eigenvalue weighted by molar-refractivity contribution is 14.0. The van der Waals surface area contributed by atoms with Gasteiger partial charge in [-0.2, -0.15) is 0 Å². The molecule has 122 valence electrons. The molecule has 0 aliphatic rings. The molecule has 0 saturated heterocycles. The molecular weight excluding hydrogens is 369 g/mol. The van der Waals surface area contributed by atoms with E-state index >= 15 is 0 Å². The lowest BCUT2D eigenvalue weighted by Crippen LogP contribution is -2.45. The fraction of sp³-hybridized carbons (Fsp3) is 0.929. The number of guanidine groups is 1. The van der Waals surface area contributed by atoms with E-state index in [1.165, 1.54) is 6.42 Å². The van der Waals surface area contributed by atoms with Gasteiger partial charge in [0, 0.05) is 40.5 Å². The van der Waals surface area contributed by atoms with E-state index in [1.807, 2.05) is 13.8 Å². The van der Waals surface area contributed by atoms with Gasteiger partial charge in [0.2, 0.25) is 0 Å². The van der Waals surface area contributed by atoms with Crippen LogP contribution in [0.2, 0.25) is 0 Å². The van der Waals surface area contributed by atoms with Gasteiger partial charge in [-0.1, -0.05) is 13.3 Å². The molecule has 0 radical (unpaired) electrons. The van der Waals surface area contributed by atoms with Crippen molar-refractivity contribution >= 4 is 29.9 Å². The van der Waals surface area contributed by atoms with E-state index in [0.717, 1.165) is 45.1 Å². The second kappa shape index (κ2) is 13.9. The van der Waals surface area contributed by atoms with E-state index in [2.05, 4.69) is 22.5 Å². The van der Waals surface area contributed by atoms with E-state index in [1.54, 1.807) is 14.2 Å². The van der Waals surface area contributed by atoms with Gasteiger partial charge in [-0.15, -0.1) is 24.0 Å². The minimum absolute atomic E-state index is 0. The molecule has 0 rings (SSSR count). The molecule has 0 heterocycles. The van der Waals surface area contributed by atoms with Crippen LogP contribution in [0.25, 0.3) is 0 Å². The van der Waals surface area contributed by atoms with Gasteiger partial charge in [0.1, 0.15) is 0 Å². The molecule has 0 saturated carbocycles. The molecule has 20 heavy (non-hydrogen) atoms. The predicted molar refractivity (Wildman–Crippen MR) is 96.2 cm³/mol. The third-order valence-electron chi connectivity index (χ3n) is 2.86. The lowest BCUT2D eigenvalue weighted by molar-refractivity contribution is 0.0268. The Labute approximate surface area is 141 Å². The second-order valence-corrected chi connectivity index (χ2v) is 5.14. The quantitative estimate of drug-likeness (QED) is 0.256. The van der Waals surface area contributed by atoms with Crippen LogP contribution < -0.4 is 10.6 Å². The van der Waals surface area contributed by atoms with Crippen molar-refractivity contribution in [2.45, 2.75) is 45.6 Å². The van der Waals surface area contributed by atoms with Gasteiger partial charge in [-0.25, -0.2) is 0 Å². The molecule has 0 aromatic heterocycles. The van der Waals surface area contributed by atoms with Crippen LogP contribution >= 0.6 is 24.0 Å². The van der Waals surface area contributed by atoms with Crippen molar-refractivity contribution in [1.82, 2.24) is 10.6 Å². The van der Waals surface area contributed by atoms with E-state index in [9.17, 15) is 0 Å². The number of nitrogens with one attached hydrogen (secondary N) is 2. The number of aliphatic imine (C=N–C) groups is 1. The van der Waals surface area contributed by atoms with Crippen LogP contribution in [0.1, 0.15) is 40.0 Å². The first kappa shape index (κ1) is 22.2. The number of ether oxygens (including phenoxy) is 2. The number of hydrogen-bond acceptors (Lipinski definition) is 3. The zero-order valence-corrected chi connectivity index (χ0v) is 16.0. The normalized spacial score (nSPS) is 11.9. The predicted octanol–water partition coefficient (Wildman–Crippen LogP) is 2.40. The molecule has 0 amide bonds. The molecular formula is C14H32IN3O2. The summed E-state index contributed by atoms with van der Waals surface area (Å²) in [6, 6.07) is 0. The van der Waals surface area contributed by atoms with Crippen LogP contribution in [-0.2, 0) is 9.47 Å². The lowest BCUT2D eigenvalue weighted by atomic mass is 10.1. The zero-order valence-electron chi connectivity index (χ0n) is 13.6. The molecule has 0 aromatic carbocycles. The van der Waals surface area contributed by atoms with Crippen molar-refractivity contribution < 1.29 is 9.47 Å². The van der Waals surface area contributed by atoms with Crippen molar-refractivity contribution in [3.8, 4) is 0 Å². The molecule has 2 N–H and O–H groups in total. The number of hydrogen-bond donors (Lipinski definition) is 2. The Balaban J connectivity index is 0. The third kappa shape index (κ3) is 12.9. The van der Waals surface area contributed by atoms with E-state index in [-0.39, 0.29) is 29.6 Å². The average molecular weight is 401 g/mol. The number of halogens is 1. The molecule has 6 heteroatoms. The van der Waals surface area contributed by atoms with Crippen molar-refractivity contribution in [3.05, 3.63) is 0 Å². The van der Waals surface area contributed by atoms with Crippen LogP contribution in [0.3, 0.4) is 0 Å². The summed E-state index contributed by atoms with van der Waals surface area (Å²) in [5, 5.41) is 6.51. The Kier molecular flexibility index (Phi) is 15.4. The number of methoxy groups -OCH3 is 1. The monoisotopic (exact) mass is 401 g/mol. The lowest BCUT2D eigenvalue weighted by Gasteiger charge is -2.24. The Morgan fingerprint density at radius 1 is 1.15 bits per heavy atom. The minimum Gasteiger partial charge on any atom is -0.381 e. The van der Waals surface area contributed by atoms with E-state index in [0.29, 0.717) is 0 Å². The van der Waals surface area contributed by atoms with Crippen LogP contribution in [0, 0.1) is 0 Å². The maximum Gasteiger partial charge on any atom is 0.191 e. The summed E-state index contributed by atoms with van der Waals surface area (Å²) in [6.45, 7) is 9.49. The van der Waals surface area contributed by atoms with Gasteiger partial charge in [0.25, 0.3) is 0 Å².